The largest absolute Gasteiger partial charge is 0.497 e. The van der Waals surface area contributed by atoms with Gasteiger partial charge < -0.3 is 25.4 Å². The molecule has 0 saturated heterocycles. The number of amides is 3. The lowest BCUT2D eigenvalue weighted by molar-refractivity contribution is -0.114. The molecule has 214 valence electrons. The molecule has 0 aliphatic carbocycles. The summed E-state index contributed by atoms with van der Waals surface area (Å²) in [6, 6.07) is 27.7. The molecule has 4 aromatic rings. The van der Waals surface area contributed by atoms with E-state index in [0.717, 1.165) is 4.90 Å². The van der Waals surface area contributed by atoms with Gasteiger partial charge in [-0.25, -0.2) is 0 Å². The van der Waals surface area contributed by atoms with Crippen molar-refractivity contribution in [3.63, 3.8) is 0 Å². The number of rotatable bonds is 11. The number of nitrogens with one attached hydrogen (secondary N) is 3. The molecule has 42 heavy (non-hydrogen) atoms. The van der Waals surface area contributed by atoms with Crippen molar-refractivity contribution in [2.75, 3.05) is 30.6 Å². The molecule has 0 aliphatic rings. The van der Waals surface area contributed by atoms with Gasteiger partial charge in [-0.1, -0.05) is 35.9 Å². The van der Waals surface area contributed by atoms with Crippen molar-refractivity contribution in [3.05, 3.63) is 119 Å². The quantitative estimate of drug-likeness (QED) is 0.134. The van der Waals surface area contributed by atoms with Crippen LogP contribution < -0.4 is 25.4 Å². The van der Waals surface area contributed by atoms with Crippen molar-refractivity contribution < 1.29 is 23.9 Å². The number of hydrogen-bond acceptors (Lipinski definition) is 6. The molecule has 0 radical (unpaired) electrons. The molecule has 4 aromatic carbocycles. The molecule has 0 bridgehead atoms. The minimum absolute atomic E-state index is 0.00388. The number of ether oxygens (including phenoxy) is 2. The molecule has 0 aliphatic heterocycles. The molecule has 0 aromatic heterocycles. The molecule has 0 saturated carbocycles. The first kappa shape index (κ1) is 30.2. The molecule has 4 rings (SSSR count). The van der Waals surface area contributed by atoms with E-state index in [1.807, 2.05) is 6.07 Å². The van der Waals surface area contributed by atoms with Gasteiger partial charge in [0.05, 0.1) is 20.0 Å². The summed E-state index contributed by atoms with van der Waals surface area (Å²) in [6.07, 6.45) is 1.53. The van der Waals surface area contributed by atoms with Crippen LogP contribution >= 0.6 is 23.4 Å². The average Bonchev–Trinajstić information content (AvgIpc) is 3.01. The number of carbonyl (C=O) groups excluding carboxylic acids is 3. The van der Waals surface area contributed by atoms with E-state index in [0.29, 0.717) is 39.0 Å². The van der Waals surface area contributed by atoms with E-state index in [2.05, 4.69) is 16.0 Å². The van der Waals surface area contributed by atoms with Crippen LogP contribution in [-0.4, -0.2) is 37.7 Å². The molecular formula is C32H28ClN3O5S. The van der Waals surface area contributed by atoms with E-state index < -0.39 is 11.8 Å². The van der Waals surface area contributed by atoms with E-state index >= 15 is 0 Å². The number of anilines is 2. The summed E-state index contributed by atoms with van der Waals surface area (Å²) in [5.41, 5.74) is 2.06. The van der Waals surface area contributed by atoms with Crippen LogP contribution in [0.15, 0.2) is 108 Å². The van der Waals surface area contributed by atoms with Gasteiger partial charge in [-0.2, -0.15) is 0 Å². The molecule has 8 nitrogen and oxygen atoms in total. The zero-order valence-electron chi connectivity index (χ0n) is 22.8. The highest BCUT2D eigenvalue weighted by Gasteiger charge is 2.17. The van der Waals surface area contributed by atoms with Gasteiger partial charge in [-0.3, -0.25) is 14.4 Å². The maximum Gasteiger partial charge on any atom is 0.272 e. The Morgan fingerprint density at radius 2 is 1.57 bits per heavy atom. The van der Waals surface area contributed by atoms with Crippen LogP contribution in [0.25, 0.3) is 6.08 Å². The highest BCUT2D eigenvalue weighted by molar-refractivity contribution is 8.00. The van der Waals surface area contributed by atoms with Crippen molar-refractivity contribution in [1.29, 1.82) is 0 Å². The molecular weight excluding hydrogens is 574 g/mol. The van der Waals surface area contributed by atoms with Crippen molar-refractivity contribution in [3.8, 4) is 11.5 Å². The Morgan fingerprint density at radius 1 is 0.810 bits per heavy atom. The highest BCUT2D eigenvalue weighted by Crippen LogP contribution is 2.27. The lowest BCUT2D eigenvalue weighted by atomic mass is 10.1. The maximum atomic E-state index is 13.5. The zero-order chi connectivity index (χ0) is 29.9. The molecule has 10 heteroatoms. The molecule has 0 atom stereocenters. The predicted molar refractivity (Wildman–Crippen MR) is 167 cm³/mol. The van der Waals surface area contributed by atoms with Gasteiger partial charge in [0.1, 0.15) is 17.2 Å². The fraction of sp³-hybridized carbons (Fsp3) is 0.0938. The van der Waals surface area contributed by atoms with Crippen LogP contribution in [-0.2, 0) is 9.59 Å². The number of benzene rings is 4. The lowest BCUT2D eigenvalue weighted by Gasteiger charge is -2.13. The summed E-state index contributed by atoms with van der Waals surface area (Å²) >= 11 is 7.21. The van der Waals surface area contributed by atoms with Gasteiger partial charge in [0.25, 0.3) is 11.8 Å². The van der Waals surface area contributed by atoms with Crippen molar-refractivity contribution >= 4 is 58.5 Å². The smallest absolute Gasteiger partial charge is 0.272 e. The van der Waals surface area contributed by atoms with Crippen LogP contribution in [0, 0.1) is 0 Å². The van der Waals surface area contributed by atoms with E-state index in [1.54, 1.807) is 91.0 Å². The second-order valence-corrected chi connectivity index (χ2v) is 10.3. The van der Waals surface area contributed by atoms with Crippen molar-refractivity contribution in [1.82, 2.24) is 5.32 Å². The number of hydrogen-bond donors (Lipinski definition) is 3. The van der Waals surface area contributed by atoms with E-state index in [1.165, 1.54) is 32.1 Å². The first-order chi connectivity index (χ1) is 20.3. The first-order valence-corrected chi connectivity index (χ1v) is 14.1. The minimum atomic E-state index is -0.549. The van der Waals surface area contributed by atoms with Gasteiger partial charge in [0, 0.05) is 32.4 Å². The Kier molecular flexibility index (Phi) is 10.6. The third-order valence-electron chi connectivity index (χ3n) is 5.86. The third kappa shape index (κ3) is 8.63. The van der Waals surface area contributed by atoms with Gasteiger partial charge in [0.15, 0.2) is 0 Å². The molecule has 0 unspecified atom stereocenters. The Balaban J connectivity index is 1.51. The average molecular weight is 602 g/mol. The Hall–Kier alpha value is -4.73. The summed E-state index contributed by atoms with van der Waals surface area (Å²) in [6.45, 7) is 0. The minimum Gasteiger partial charge on any atom is -0.497 e. The summed E-state index contributed by atoms with van der Waals surface area (Å²) in [5.74, 6) is 0.0272. The standard InChI is InChI=1S/C32H28ClN3O5S/c1-40-26-15-16-29(41-2)22(17-26)18-28(36-31(38)21-7-4-3-5-8-21)32(39)35-25-9-6-10-27(19-25)42-20-30(37)34-24-13-11-23(33)12-14-24/h3-19H,20H2,1-2H3,(H,34,37)(H,35,39)(H,36,38)/b28-18+. The summed E-state index contributed by atoms with van der Waals surface area (Å²) in [4.78, 5) is 39.7. The van der Waals surface area contributed by atoms with E-state index in [9.17, 15) is 14.4 Å². The Labute approximate surface area is 253 Å². The van der Waals surface area contributed by atoms with Gasteiger partial charge >= 0.3 is 0 Å². The van der Waals surface area contributed by atoms with Crippen LogP contribution in [0.3, 0.4) is 0 Å². The number of thioether (sulfide) groups is 1. The van der Waals surface area contributed by atoms with Crippen LogP contribution in [0.5, 0.6) is 11.5 Å². The zero-order valence-corrected chi connectivity index (χ0v) is 24.4. The van der Waals surface area contributed by atoms with E-state index in [4.69, 9.17) is 21.1 Å². The molecule has 0 heterocycles. The van der Waals surface area contributed by atoms with E-state index in [-0.39, 0.29) is 17.4 Å². The van der Waals surface area contributed by atoms with Crippen molar-refractivity contribution in [2.24, 2.45) is 0 Å². The Bertz CT molecular complexity index is 1590. The maximum absolute atomic E-state index is 13.5. The van der Waals surface area contributed by atoms with Gasteiger partial charge in [0.2, 0.25) is 5.91 Å². The van der Waals surface area contributed by atoms with Crippen LogP contribution in [0.1, 0.15) is 15.9 Å². The van der Waals surface area contributed by atoms with Crippen LogP contribution in [0.2, 0.25) is 5.02 Å². The van der Waals surface area contributed by atoms with Crippen molar-refractivity contribution in [2.45, 2.75) is 4.90 Å². The number of methoxy groups -OCH3 is 2. The summed E-state index contributed by atoms with van der Waals surface area (Å²) in [7, 11) is 3.05. The predicted octanol–water partition coefficient (Wildman–Crippen LogP) is 6.50. The summed E-state index contributed by atoms with van der Waals surface area (Å²) in [5, 5.41) is 8.96. The number of carbonyl (C=O) groups is 3. The fourth-order valence-corrected chi connectivity index (χ4v) is 4.67. The van der Waals surface area contributed by atoms with Gasteiger partial charge in [-0.05, 0) is 78.9 Å². The normalized spacial score (nSPS) is 10.9. The van der Waals surface area contributed by atoms with Gasteiger partial charge in [-0.15, -0.1) is 11.8 Å². The summed E-state index contributed by atoms with van der Waals surface area (Å²) < 4.78 is 10.8. The first-order valence-electron chi connectivity index (χ1n) is 12.7. The third-order valence-corrected chi connectivity index (χ3v) is 7.10. The monoisotopic (exact) mass is 601 g/mol. The Morgan fingerprint density at radius 3 is 2.29 bits per heavy atom. The SMILES string of the molecule is COc1ccc(OC)c(/C=C(/NC(=O)c2ccccc2)C(=O)Nc2cccc(SCC(=O)Nc3ccc(Cl)cc3)c2)c1. The molecule has 3 amide bonds. The lowest BCUT2D eigenvalue weighted by Crippen LogP contribution is -2.30. The fourth-order valence-electron chi connectivity index (χ4n) is 3.79. The van der Waals surface area contributed by atoms with Crippen LogP contribution in [0.4, 0.5) is 11.4 Å². The topological polar surface area (TPSA) is 106 Å². The molecule has 3 N–H and O–H groups in total. The second-order valence-electron chi connectivity index (χ2n) is 8.81. The number of halogens is 1. The highest BCUT2D eigenvalue weighted by atomic mass is 35.5. The second kappa shape index (κ2) is 14.8. The molecule has 0 spiro atoms. The molecule has 0 fully saturated rings.